The fraction of sp³-hybridized carbons (Fsp3) is 0.769. The molecule has 1 fully saturated rings. The molecule has 0 aromatic carbocycles. The molecule has 3 rings (SSSR count). The van der Waals surface area contributed by atoms with E-state index in [1.807, 2.05) is 0 Å². The monoisotopic (exact) mass is 489 g/mol. The van der Waals surface area contributed by atoms with Crippen LogP contribution in [0.15, 0.2) is 12.7 Å². The maximum atomic E-state index is 12.1. The molecule has 0 amide bonds. The van der Waals surface area contributed by atoms with Gasteiger partial charge in [0.25, 0.3) is 0 Å². The average molecular weight is 490 g/mol. The molecule has 1 aliphatic heterocycles. The summed E-state index contributed by atoms with van der Waals surface area (Å²) in [5.41, 5.74) is 6.89. The first-order valence-electron chi connectivity index (χ1n) is 13.5. The molecule has 0 spiro atoms. The molecule has 2 aromatic rings. The Morgan fingerprint density at radius 3 is 2.26 bits per heavy atom. The van der Waals surface area contributed by atoms with Crippen molar-refractivity contribution in [1.82, 2.24) is 19.5 Å². The van der Waals surface area contributed by atoms with Crippen molar-refractivity contribution in [2.24, 2.45) is 5.92 Å². The van der Waals surface area contributed by atoms with Gasteiger partial charge in [0.15, 0.2) is 11.5 Å². The van der Waals surface area contributed by atoms with Gasteiger partial charge in [0.2, 0.25) is 0 Å². The van der Waals surface area contributed by atoms with Crippen molar-refractivity contribution in [3.63, 3.8) is 0 Å². The molecule has 9 nitrogen and oxygen atoms in total. The number of hydrogen-bond acceptors (Lipinski definition) is 8. The normalized spacial score (nSPS) is 19.7. The second-order valence-electron chi connectivity index (χ2n) is 9.67. The van der Waals surface area contributed by atoms with Crippen LogP contribution in [0.1, 0.15) is 103 Å². The summed E-state index contributed by atoms with van der Waals surface area (Å²) in [4.78, 5) is 24.5. The SMILES string of the molecule is CCCCCCCCCCCCCCCC(=O)OC[C@H]1O[C@@H](n2cnc3c(N)ncnc32)[C@@H]1CO. The van der Waals surface area contributed by atoms with Crippen molar-refractivity contribution in [3.8, 4) is 0 Å². The van der Waals surface area contributed by atoms with E-state index in [1.54, 1.807) is 10.9 Å². The van der Waals surface area contributed by atoms with Crippen molar-refractivity contribution < 1.29 is 19.4 Å². The summed E-state index contributed by atoms with van der Waals surface area (Å²) in [6.45, 7) is 2.31. The summed E-state index contributed by atoms with van der Waals surface area (Å²) in [5.74, 6) is -0.120. The number of carbonyl (C=O) groups excluding carboxylic acids is 1. The standard InChI is InChI=1S/C26H43N5O4/c1-2-3-4-5-6-7-8-9-10-11-12-13-14-15-22(33)34-17-21-20(16-32)26(35-21)31-19-30-23-24(27)28-18-29-25(23)31/h18-21,26,32H,2-17H2,1H3,(H2,27,28,29)/t20-,21-,26-/m1/s1. The van der Waals surface area contributed by atoms with Gasteiger partial charge < -0.3 is 20.3 Å². The van der Waals surface area contributed by atoms with Gasteiger partial charge in [-0.05, 0) is 6.42 Å². The Balaban J connectivity index is 1.22. The number of nitrogens with zero attached hydrogens (tertiary/aromatic N) is 4. The van der Waals surface area contributed by atoms with Gasteiger partial charge in [-0.1, -0.05) is 84.0 Å². The predicted molar refractivity (Wildman–Crippen MR) is 135 cm³/mol. The second kappa shape index (κ2) is 15.0. The predicted octanol–water partition coefficient (Wildman–Crippen LogP) is 4.94. The van der Waals surface area contributed by atoms with Gasteiger partial charge in [0.05, 0.1) is 18.9 Å². The van der Waals surface area contributed by atoms with E-state index >= 15 is 0 Å². The van der Waals surface area contributed by atoms with Gasteiger partial charge in [-0.3, -0.25) is 9.36 Å². The van der Waals surface area contributed by atoms with E-state index in [0.717, 1.165) is 12.8 Å². The molecule has 0 bridgehead atoms. The minimum atomic E-state index is -0.427. The number of imidazole rings is 1. The van der Waals surface area contributed by atoms with E-state index < -0.39 is 6.23 Å². The van der Waals surface area contributed by atoms with Crippen molar-refractivity contribution in [1.29, 1.82) is 0 Å². The molecule has 1 saturated heterocycles. The lowest BCUT2D eigenvalue weighted by atomic mass is 9.95. The Bertz CT molecular complexity index is 890. The number of aromatic nitrogens is 4. The van der Waals surface area contributed by atoms with Gasteiger partial charge in [0, 0.05) is 6.42 Å². The number of anilines is 1. The highest BCUT2D eigenvalue weighted by molar-refractivity contribution is 5.81. The highest BCUT2D eigenvalue weighted by Gasteiger charge is 2.44. The summed E-state index contributed by atoms with van der Waals surface area (Å²) in [5, 5.41) is 9.84. The summed E-state index contributed by atoms with van der Waals surface area (Å²) in [6.07, 6.45) is 19.2. The molecule has 3 N–H and O–H groups in total. The van der Waals surface area contributed by atoms with Crippen LogP contribution in [0.4, 0.5) is 5.82 Å². The lowest BCUT2D eigenvalue weighted by Crippen LogP contribution is -2.50. The number of carbonyl (C=O) groups is 1. The Labute approximate surface area is 208 Å². The Kier molecular flexibility index (Phi) is 11.7. The first kappa shape index (κ1) is 27.3. The fourth-order valence-electron chi connectivity index (χ4n) is 4.71. The Morgan fingerprint density at radius 1 is 1.00 bits per heavy atom. The maximum absolute atomic E-state index is 12.1. The second-order valence-corrected chi connectivity index (χ2v) is 9.67. The van der Waals surface area contributed by atoms with Crippen molar-refractivity contribution >= 4 is 23.0 Å². The van der Waals surface area contributed by atoms with Crippen LogP contribution in [0.25, 0.3) is 11.2 Å². The summed E-state index contributed by atoms with van der Waals surface area (Å²) in [6, 6.07) is 0. The number of rotatable bonds is 18. The number of fused-ring (bicyclic) bond motifs is 1. The average Bonchev–Trinajstić information content (AvgIpc) is 3.26. The molecule has 3 heterocycles. The molecular weight excluding hydrogens is 446 g/mol. The van der Waals surface area contributed by atoms with E-state index in [9.17, 15) is 9.90 Å². The van der Waals surface area contributed by atoms with Gasteiger partial charge in [-0.25, -0.2) is 15.0 Å². The molecule has 196 valence electrons. The maximum Gasteiger partial charge on any atom is 0.305 e. The zero-order valence-corrected chi connectivity index (χ0v) is 21.2. The first-order valence-corrected chi connectivity index (χ1v) is 13.5. The summed E-state index contributed by atoms with van der Waals surface area (Å²) >= 11 is 0. The van der Waals surface area contributed by atoms with Crippen LogP contribution in [0, 0.1) is 5.92 Å². The Hall–Kier alpha value is -2.26. The molecule has 0 saturated carbocycles. The van der Waals surface area contributed by atoms with Crippen molar-refractivity contribution in [3.05, 3.63) is 12.7 Å². The number of ether oxygens (including phenoxy) is 2. The van der Waals surface area contributed by atoms with Crippen LogP contribution in [0.5, 0.6) is 0 Å². The Morgan fingerprint density at radius 2 is 1.63 bits per heavy atom. The third-order valence-corrected chi connectivity index (χ3v) is 6.92. The van der Waals surface area contributed by atoms with Crippen LogP contribution >= 0.6 is 0 Å². The van der Waals surface area contributed by atoms with E-state index in [-0.39, 0.29) is 31.2 Å². The van der Waals surface area contributed by atoms with Crippen LogP contribution in [0.3, 0.4) is 0 Å². The lowest BCUT2D eigenvalue weighted by molar-refractivity contribution is -0.247. The lowest BCUT2D eigenvalue weighted by Gasteiger charge is -2.43. The van der Waals surface area contributed by atoms with E-state index in [2.05, 4.69) is 21.9 Å². The first-order chi connectivity index (χ1) is 17.2. The third-order valence-electron chi connectivity index (χ3n) is 6.92. The van der Waals surface area contributed by atoms with Crippen LogP contribution in [-0.2, 0) is 14.3 Å². The quantitative estimate of drug-likeness (QED) is 0.223. The number of aliphatic hydroxyl groups excluding tert-OH is 1. The van der Waals surface area contributed by atoms with Crippen molar-refractivity contribution in [2.45, 2.75) is 109 Å². The molecule has 2 aromatic heterocycles. The molecular formula is C26H43N5O4. The third kappa shape index (κ3) is 8.14. The minimum Gasteiger partial charge on any atom is -0.463 e. The highest BCUT2D eigenvalue weighted by atomic mass is 16.6. The number of unbranched alkanes of at least 4 members (excludes halogenated alkanes) is 12. The molecule has 9 heteroatoms. The van der Waals surface area contributed by atoms with Crippen molar-refractivity contribution in [2.75, 3.05) is 18.9 Å². The smallest absolute Gasteiger partial charge is 0.305 e. The molecule has 3 atom stereocenters. The van der Waals surface area contributed by atoms with E-state index in [0.29, 0.717) is 23.4 Å². The van der Waals surface area contributed by atoms with E-state index in [1.165, 1.54) is 77.0 Å². The number of hydrogen-bond donors (Lipinski definition) is 2. The molecule has 1 aliphatic rings. The van der Waals surface area contributed by atoms with Gasteiger partial charge in [-0.15, -0.1) is 0 Å². The van der Waals surface area contributed by atoms with Gasteiger partial charge in [0.1, 0.15) is 30.8 Å². The number of aliphatic hydroxyl groups is 1. The highest BCUT2D eigenvalue weighted by Crippen LogP contribution is 2.38. The minimum absolute atomic E-state index is 0.0913. The zero-order chi connectivity index (χ0) is 24.9. The molecule has 0 radical (unpaired) electrons. The topological polar surface area (TPSA) is 125 Å². The summed E-state index contributed by atoms with van der Waals surface area (Å²) < 4.78 is 13.0. The van der Waals surface area contributed by atoms with Crippen LogP contribution in [0.2, 0.25) is 0 Å². The fourth-order valence-corrected chi connectivity index (χ4v) is 4.71. The summed E-state index contributed by atoms with van der Waals surface area (Å²) in [7, 11) is 0. The zero-order valence-electron chi connectivity index (χ0n) is 21.2. The van der Waals surface area contributed by atoms with E-state index in [4.69, 9.17) is 15.2 Å². The number of nitrogens with two attached hydrogens (primary N) is 1. The number of nitrogen functional groups attached to an aromatic ring is 1. The largest absolute Gasteiger partial charge is 0.463 e. The molecule has 0 aliphatic carbocycles. The number of esters is 1. The molecule has 35 heavy (non-hydrogen) atoms. The van der Waals surface area contributed by atoms with Gasteiger partial charge in [-0.2, -0.15) is 0 Å². The van der Waals surface area contributed by atoms with Gasteiger partial charge >= 0.3 is 5.97 Å². The molecule has 0 unspecified atom stereocenters. The van der Waals surface area contributed by atoms with Crippen LogP contribution < -0.4 is 5.73 Å². The van der Waals surface area contributed by atoms with Crippen LogP contribution in [-0.4, -0.2) is 49.9 Å².